The van der Waals surface area contributed by atoms with Gasteiger partial charge in [-0.05, 0) is 13.8 Å². The molecule has 1 rings (SSSR count). The second kappa shape index (κ2) is 6.56. The van der Waals surface area contributed by atoms with Crippen LogP contribution in [-0.2, 0) is 14.3 Å². The summed E-state index contributed by atoms with van der Waals surface area (Å²) in [6, 6.07) is -0.265. The molecule has 0 bridgehead atoms. The summed E-state index contributed by atoms with van der Waals surface area (Å²) in [7, 11) is 0. The minimum Gasteiger partial charge on any atom is -0.379 e. The van der Waals surface area contributed by atoms with Crippen LogP contribution < -0.4 is 11.1 Å². The highest BCUT2D eigenvalue weighted by molar-refractivity contribution is 5.86. The zero-order valence-electron chi connectivity index (χ0n) is 10.4. The third kappa shape index (κ3) is 3.67. The SMILES string of the molecule is CCN(CC)C(=O)CNC(=O)C1COCC1N. The summed E-state index contributed by atoms with van der Waals surface area (Å²) in [5.74, 6) is -0.606. The molecular formula is C11H21N3O3. The van der Waals surface area contributed by atoms with Gasteiger partial charge in [-0.25, -0.2) is 0 Å². The van der Waals surface area contributed by atoms with Crippen molar-refractivity contribution in [2.24, 2.45) is 11.7 Å². The highest BCUT2D eigenvalue weighted by Gasteiger charge is 2.31. The Morgan fingerprint density at radius 1 is 1.35 bits per heavy atom. The first-order valence-electron chi connectivity index (χ1n) is 5.98. The number of nitrogens with zero attached hydrogens (tertiary/aromatic N) is 1. The standard InChI is InChI=1S/C11H21N3O3/c1-3-14(4-2)10(15)5-13-11(16)8-6-17-7-9(8)12/h8-9H,3-7,12H2,1-2H3,(H,13,16). The van der Waals surface area contributed by atoms with E-state index >= 15 is 0 Å². The van der Waals surface area contributed by atoms with Crippen LogP contribution in [0.3, 0.4) is 0 Å². The van der Waals surface area contributed by atoms with E-state index in [-0.39, 0.29) is 30.3 Å². The minimum atomic E-state index is -0.334. The molecule has 0 saturated carbocycles. The van der Waals surface area contributed by atoms with Gasteiger partial charge >= 0.3 is 0 Å². The third-order valence-corrected chi connectivity index (χ3v) is 2.99. The lowest BCUT2D eigenvalue weighted by Crippen LogP contribution is -2.45. The van der Waals surface area contributed by atoms with Gasteiger partial charge in [-0.2, -0.15) is 0 Å². The molecule has 0 aromatic rings. The van der Waals surface area contributed by atoms with E-state index in [1.54, 1.807) is 4.90 Å². The van der Waals surface area contributed by atoms with E-state index in [0.717, 1.165) is 0 Å². The van der Waals surface area contributed by atoms with Crippen LogP contribution in [-0.4, -0.2) is 55.6 Å². The molecule has 1 saturated heterocycles. The smallest absolute Gasteiger partial charge is 0.241 e. The summed E-state index contributed by atoms with van der Waals surface area (Å²) in [5, 5.41) is 2.61. The highest BCUT2D eigenvalue weighted by atomic mass is 16.5. The zero-order chi connectivity index (χ0) is 12.8. The van der Waals surface area contributed by atoms with Gasteiger partial charge in [0.2, 0.25) is 11.8 Å². The van der Waals surface area contributed by atoms with Gasteiger partial charge in [0.15, 0.2) is 0 Å². The molecule has 1 aliphatic heterocycles. The van der Waals surface area contributed by atoms with Crippen LogP contribution in [0.4, 0.5) is 0 Å². The Morgan fingerprint density at radius 2 is 2.00 bits per heavy atom. The number of nitrogens with one attached hydrogen (secondary N) is 1. The molecule has 2 unspecified atom stereocenters. The van der Waals surface area contributed by atoms with Crippen LogP contribution in [0.1, 0.15) is 13.8 Å². The lowest BCUT2D eigenvalue weighted by Gasteiger charge is -2.19. The van der Waals surface area contributed by atoms with E-state index in [1.165, 1.54) is 0 Å². The molecule has 1 heterocycles. The van der Waals surface area contributed by atoms with Crippen molar-refractivity contribution < 1.29 is 14.3 Å². The van der Waals surface area contributed by atoms with E-state index < -0.39 is 0 Å². The fraction of sp³-hybridized carbons (Fsp3) is 0.818. The Bertz CT molecular complexity index is 279. The van der Waals surface area contributed by atoms with E-state index in [4.69, 9.17) is 10.5 Å². The van der Waals surface area contributed by atoms with Crippen LogP contribution in [0.5, 0.6) is 0 Å². The molecule has 0 spiro atoms. The van der Waals surface area contributed by atoms with E-state index in [0.29, 0.717) is 26.3 Å². The molecule has 0 aromatic heterocycles. The van der Waals surface area contributed by atoms with Gasteiger partial charge in [-0.1, -0.05) is 0 Å². The molecule has 0 aliphatic carbocycles. The molecular weight excluding hydrogens is 222 g/mol. The van der Waals surface area contributed by atoms with Gasteiger partial charge in [0.25, 0.3) is 0 Å². The molecule has 17 heavy (non-hydrogen) atoms. The molecule has 6 heteroatoms. The van der Waals surface area contributed by atoms with Gasteiger partial charge in [-0.15, -0.1) is 0 Å². The molecule has 2 amide bonds. The molecule has 3 N–H and O–H groups in total. The number of carbonyl (C=O) groups is 2. The van der Waals surface area contributed by atoms with Crippen LogP contribution in [0.25, 0.3) is 0 Å². The molecule has 0 aromatic carbocycles. The Balaban J connectivity index is 2.35. The maximum absolute atomic E-state index is 11.7. The molecule has 1 fully saturated rings. The number of hydrogen-bond acceptors (Lipinski definition) is 4. The Hall–Kier alpha value is -1.14. The van der Waals surface area contributed by atoms with Crippen LogP contribution in [0, 0.1) is 5.92 Å². The second-order valence-corrected chi connectivity index (χ2v) is 4.09. The zero-order valence-corrected chi connectivity index (χ0v) is 10.4. The lowest BCUT2D eigenvalue weighted by molar-refractivity contribution is -0.133. The normalized spacial score (nSPS) is 23.5. The van der Waals surface area contributed by atoms with Crippen molar-refractivity contribution in [1.29, 1.82) is 0 Å². The van der Waals surface area contributed by atoms with Crippen molar-refractivity contribution >= 4 is 11.8 Å². The topological polar surface area (TPSA) is 84.7 Å². The molecule has 2 atom stereocenters. The summed E-state index contributed by atoms with van der Waals surface area (Å²) in [5.41, 5.74) is 5.72. The third-order valence-electron chi connectivity index (χ3n) is 2.99. The second-order valence-electron chi connectivity index (χ2n) is 4.09. The average molecular weight is 243 g/mol. The molecule has 1 aliphatic rings. The summed E-state index contributed by atoms with van der Waals surface area (Å²) in [6.07, 6.45) is 0. The number of ether oxygens (including phenoxy) is 1. The summed E-state index contributed by atoms with van der Waals surface area (Å²) >= 11 is 0. The quantitative estimate of drug-likeness (QED) is 0.645. The fourth-order valence-electron chi connectivity index (χ4n) is 1.82. The van der Waals surface area contributed by atoms with Crippen LogP contribution >= 0.6 is 0 Å². The highest BCUT2D eigenvalue weighted by Crippen LogP contribution is 2.11. The van der Waals surface area contributed by atoms with Crippen LogP contribution in [0.2, 0.25) is 0 Å². The number of rotatable bonds is 5. The Labute approximate surface area is 101 Å². The molecule has 6 nitrogen and oxygen atoms in total. The Morgan fingerprint density at radius 3 is 2.47 bits per heavy atom. The van der Waals surface area contributed by atoms with Crippen molar-refractivity contribution in [3.8, 4) is 0 Å². The summed E-state index contributed by atoms with van der Waals surface area (Å²) < 4.78 is 5.11. The number of hydrogen-bond donors (Lipinski definition) is 2. The lowest BCUT2D eigenvalue weighted by atomic mass is 10.0. The first-order valence-corrected chi connectivity index (χ1v) is 5.98. The van der Waals surface area contributed by atoms with Gasteiger partial charge in [0, 0.05) is 19.1 Å². The van der Waals surface area contributed by atoms with Crippen molar-refractivity contribution in [2.45, 2.75) is 19.9 Å². The first kappa shape index (κ1) is 13.9. The monoisotopic (exact) mass is 243 g/mol. The van der Waals surface area contributed by atoms with Crippen molar-refractivity contribution in [1.82, 2.24) is 10.2 Å². The van der Waals surface area contributed by atoms with Crippen molar-refractivity contribution in [3.05, 3.63) is 0 Å². The number of likely N-dealkylation sites (N-methyl/N-ethyl adjacent to an activating group) is 1. The number of nitrogens with two attached hydrogens (primary N) is 1. The predicted molar refractivity (Wildman–Crippen MR) is 63.2 cm³/mol. The van der Waals surface area contributed by atoms with Crippen molar-refractivity contribution in [3.63, 3.8) is 0 Å². The molecule has 0 radical (unpaired) electrons. The van der Waals surface area contributed by atoms with Gasteiger partial charge in [0.05, 0.1) is 25.7 Å². The predicted octanol–water partition coefficient (Wildman–Crippen LogP) is -1.06. The largest absolute Gasteiger partial charge is 0.379 e. The maximum Gasteiger partial charge on any atom is 0.241 e. The first-order chi connectivity index (χ1) is 8.10. The summed E-state index contributed by atoms with van der Waals surface area (Å²) in [6.45, 7) is 5.89. The van der Waals surface area contributed by atoms with Crippen LogP contribution in [0.15, 0.2) is 0 Å². The van der Waals surface area contributed by atoms with Gasteiger partial charge < -0.3 is 20.7 Å². The number of carbonyl (C=O) groups excluding carboxylic acids is 2. The Kier molecular flexibility index (Phi) is 5.37. The van der Waals surface area contributed by atoms with Gasteiger partial charge in [-0.3, -0.25) is 9.59 Å². The van der Waals surface area contributed by atoms with Gasteiger partial charge in [0.1, 0.15) is 0 Å². The maximum atomic E-state index is 11.7. The number of amides is 2. The average Bonchev–Trinajstić information content (AvgIpc) is 2.74. The van der Waals surface area contributed by atoms with E-state index in [2.05, 4.69) is 5.32 Å². The fourth-order valence-corrected chi connectivity index (χ4v) is 1.82. The van der Waals surface area contributed by atoms with Crippen molar-refractivity contribution in [2.75, 3.05) is 32.8 Å². The molecule has 98 valence electrons. The summed E-state index contributed by atoms with van der Waals surface area (Å²) in [4.78, 5) is 25.0. The van der Waals surface area contributed by atoms with E-state index in [9.17, 15) is 9.59 Å². The minimum absolute atomic E-state index is 0.0315. The van der Waals surface area contributed by atoms with E-state index in [1.807, 2.05) is 13.8 Å².